The maximum absolute atomic E-state index is 15.8. The first kappa shape index (κ1) is 44.2. The van der Waals surface area contributed by atoms with Gasteiger partial charge in [-0.2, -0.15) is 26.3 Å². The Balaban J connectivity index is 1.45. The lowest BCUT2D eigenvalue weighted by Gasteiger charge is -2.26. The lowest BCUT2D eigenvalue weighted by atomic mass is 9.78. The first-order valence-electron chi connectivity index (χ1n) is 23.4. The molecule has 4 aromatic heterocycles. The predicted octanol–water partition coefficient (Wildman–Crippen LogP) is 18.5. The third kappa shape index (κ3) is 6.24. The van der Waals surface area contributed by atoms with Crippen LogP contribution in [0.5, 0.6) is 0 Å². The molecule has 0 radical (unpaired) electrons. The van der Waals surface area contributed by atoms with Crippen molar-refractivity contribution >= 4 is 76.2 Å². The molecule has 0 saturated carbocycles. The van der Waals surface area contributed by atoms with Crippen molar-refractivity contribution in [3.63, 3.8) is 0 Å². The number of hydrogen-bond donors (Lipinski definition) is 0. The number of nitrogens with zero attached hydrogens (tertiary/aromatic N) is 2. The fourth-order valence-electron chi connectivity index (χ4n) is 11.1. The lowest BCUT2D eigenvalue weighted by Crippen LogP contribution is -2.16. The van der Waals surface area contributed by atoms with Gasteiger partial charge in [0, 0.05) is 54.2 Å². The molecule has 346 valence electrons. The number of para-hydroxylation sites is 2. The van der Waals surface area contributed by atoms with Gasteiger partial charge in [0.1, 0.15) is 0 Å². The van der Waals surface area contributed by atoms with E-state index in [-0.39, 0.29) is 32.4 Å². The third-order valence-corrected chi connectivity index (χ3v) is 14.6. The van der Waals surface area contributed by atoms with Gasteiger partial charge in [0.15, 0.2) is 0 Å². The summed E-state index contributed by atoms with van der Waals surface area (Å²) in [7, 11) is 0. The average Bonchev–Trinajstić information content (AvgIpc) is 3.97. The van der Waals surface area contributed by atoms with E-state index in [0.717, 1.165) is 56.6 Å². The summed E-state index contributed by atoms with van der Waals surface area (Å²) in [5, 5.41) is 3.17. The second kappa shape index (κ2) is 13.7. The highest BCUT2D eigenvalue weighted by molar-refractivity contribution is 6.46. The SMILES string of the molecule is CC(C)(C)c1cc(-c2cccc3c4c5c6c(C(F)(F)F)cccc6n6c7c(-c8cc(C(C)(C)C)cc(C(C)(C)C)c8)cccc7c(c7c8c(C(F)(F)F)cccc8n(c23)c47)c56)cc(C(C)(C)C)c1. The molecule has 0 amide bonds. The molecule has 0 unspecified atom stereocenters. The first-order valence-corrected chi connectivity index (χ1v) is 23.4. The number of rotatable bonds is 2. The number of fused-ring (bicyclic) bond motifs is 14. The molecular weight excluding hydrogens is 863 g/mol. The smallest absolute Gasteiger partial charge is 0.307 e. The number of aromatic nitrogens is 2. The van der Waals surface area contributed by atoms with E-state index in [9.17, 15) is 0 Å². The Morgan fingerprint density at radius 2 is 0.632 bits per heavy atom. The largest absolute Gasteiger partial charge is 0.417 e. The average molecular weight is 917 g/mol. The molecule has 11 rings (SSSR count). The summed E-state index contributed by atoms with van der Waals surface area (Å²) in [6.45, 7) is 25.9. The van der Waals surface area contributed by atoms with Crippen LogP contribution in [0.4, 0.5) is 26.3 Å². The molecule has 0 bridgehead atoms. The maximum atomic E-state index is 15.8. The summed E-state index contributed by atoms with van der Waals surface area (Å²) in [4.78, 5) is 0. The van der Waals surface area contributed by atoms with Gasteiger partial charge in [-0.05, 0) is 79.3 Å². The van der Waals surface area contributed by atoms with Crippen molar-refractivity contribution in [2.45, 2.75) is 117 Å². The molecule has 0 aliphatic heterocycles. The summed E-state index contributed by atoms with van der Waals surface area (Å²) in [6.07, 6.45) is -9.50. The Morgan fingerprint density at radius 1 is 0.324 bits per heavy atom. The summed E-state index contributed by atoms with van der Waals surface area (Å²) in [5.41, 5.74) is 8.14. The molecule has 0 spiro atoms. The van der Waals surface area contributed by atoms with Crippen molar-refractivity contribution in [3.05, 3.63) is 143 Å². The molecule has 0 N–H and O–H groups in total. The lowest BCUT2D eigenvalue weighted by molar-refractivity contribution is -0.137. The highest BCUT2D eigenvalue weighted by atomic mass is 19.4. The standard InChI is InChI=1S/C60H54F6N2/c1-55(2,3)33-25-31(26-34(29-33)56(4,5)6)37-17-13-19-39-45-49-48-42(60(64,65)66)22-16-24-44(48)68-52-38(32-27-35(57(7,8)9)30-36(28-32)58(10,11)12)18-14-20-40(52)46(54(49)68)50-47-41(59(61,62)63)21-15-23-43(47)67(51(37)39)53(45)50/h13-30H,1-12H3. The van der Waals surface area contributed by atoms with Crippen molar-refractivity contribution in [2.24, 2.45) is 0 Å². The summed E-state index contributed by atoms with van der Waals surface area (Å²) in [6, 6.07) is 33.4. The predicted molar refractivity (Wildman–Crippen MR) is 271 cm³/mol. The highest BCUT2D eigenvalue weighted by Crippen LogP contribution is 2.56. The van der Waals surface area contributed by atoms with E-state index < -0.39 is 23.5 Å². The molecule has 8 heteroatoms. The van der Waals surface area contributed by atoms with Crippen molar-refractivity contribution in [1.82, 2.24) is 8.80 Å². The van der Waals surface area contributed by atoms with Gasteiger partial charge < -0.3 is 8.80 Å². The molecule has 7 aromatic carbocycles. The summed E-state index contributed by atoms with van der Waals surface area (Å²) >= 11 is 0. The fraction of sp³-hybridized carbons (Fsp3) is 0.300. The minimum absolute atomic E-state index is 0.0308. The van der Waals surface area contributed by atoms with E-state index >= 15 is 26.3 Å². The topological polar surface area (TPSA) is 8.82 Å². The molecular formula is C60H54F6N2. The minimum Gasteiger partial charge on any atom is -0.307 e. The van der Waals surface area contributed by atoms with Gasteiger partial charge in [0.2, 0.25) is 0 Å². The van der Waals surface area contributed by atoms with Gasteiger partial charge in [0.05, 0.1) is 44.2 Å². The maximum Gasteiger partial charge on any atom is 0.417 e. The molecule has 0 atom stereocenters. The Labute approximate surface area is 391 Å². The molecule has 0 aliphatic rings. The second-order valence-electron chi connectivity index (χ2n) is 23.3. The van der Waals surface area contributed by atoms with Gasteiger partial charge in [0.25, 0.3) is 0 Å². The van der Waals surface area contributed by atoms with Crippen LogP contribution in [0, 0.1) is 0 Å². The van der Waals surface area contributed by atoms with E-state index in [4.69, 9.17) is 0 Å². The van der Waals surface area contributed by atoms with Gasteiger partial charge in [-0.15, -0.1) is 0 Å². The first-order chi connectivity index (χ1) is 31.6. The van der Waals surface area contributed by atoms with Gasteiger partial charge >= 0.3 is 12.4 Å². The van der Waals surface area contributed by atoms with Crippen LogP contribution >= 0.6 is 0 Å². The summed E-state index contributed by atoms with van der Waals surface area (Å²) in [5.74, 6) is 0. The molecule has 0 saturated heterocycles. The quantitative estimate of drug-likeness (QED) is 0.153. The van der Waals surface area contributed by atoms with Crippen molar-refractivity contribution in [1.29, 1.82) is 0 Å². The Hall–Kier alpha value is -6.28. The molecule has 0 aliphatic carbocycles. The van der Waals surface area contributed by atoms with Crippen LogP contribution in [0.3, 0.4) is 0 Å². The zero-order valence-electron chi connectivity index (χ0n) is 40.6. The molecule has 0 fully saturated rings. The number of halogens is 6. The molecule has 68 heavy (non-hydrogen) atoms. The Kier molecular flexibility index (Phi) is 8.91. The van der Waals surface area contributed by atoms with Crippen molar-refractivity contribution < 1.29 is 26.3 Å². The van der Waals surface area contributed by atoms with Crippen LogP contribution in [0.1, 0.15) is 116 Å². The van der Waals surface area contributed by atoms with Crippen LogP contribution in [0.25, 0.3) is 98.4 Å². The van der Waals surface area contributed by atoms with E-state index in [1.807, 2.05) is 45.2 Å². The van der Waals surface area contributed by atoms with E-state index in [1.165, 1.54) is 12.1 Å². The van der Waals surface area contributed by atoms with Crippen molar-refractivity contribution in [2.75, 3.05) is 0 Å². The van der Waals surface area contributed by atoms with E-state index in [2.05, 4.69) is 119 Å². The normalized spacial score (nSPS) is 14.0. The molecule has 11 aromatic rings. The monoisotopic (exact) mass is 916 g/mol. The van der Waals surface area contributed by atoms with Crippen LogP contribution < -0.4 is 0 Å². The van der Waals surface area contributed by atoms with Gasteiger partial charge in [-0.25, -0.2) is 0 Å². The number of alkyl halides is 6. The highest BCUT2D eigenvalue weighted by Gasteiger charge is 2.40. The van der Waals surface area contributed by atoms with Gasteiger partial charge in [-0.1, -0.05) is 168 Å². The zero-order valence-corrected chi connectivity index (χ0v) is 40.6. The number of benzene rings is 7. The third-order valence-electron chi connectivity index (χ3n) is 14.6. The van der Waals surface area contributed by atoms with Crippen LogP contribution in [0.2, 0.25) is 0 Å². The van der Waals surface area contributed by atoms with Crippen LogP contribution in [0.15, 0.2) is 109 Å². The van der Waals surface area contributed by atoms with Gasteiger partial charge in [-0.3, -0.25) is 0 Å². The van der Waals surface area contributed by atoms with E-state index in [1.54, 1.807) is 12.1 Å². The molecule has 4 heterocycles. The summed E-state index contributed by atoms with van der Waals surface area (Å²) < 4.78 is 98.4. The van der Waals surface area contributed by atoms with Crippen LogP contribution in [-0.2, 0) is 34.0 Å². The minimum atomic E-state index is -4.75. The van der Waals surface area contributed by atoms with Crippen LogP contribution in [-0.4, -0.2) is 8.80 Å². The Bertz CT molecular complexity index is 3580. The van der Waals surface area contributed by atoms with Crippen molar-refractivity contribution in [3.8, 4) is 22.3 Å². The fourth-order valence-corrected chi connectivity index (χ4v) is 11.1. The zero-order chi connectivity index (χ0) is 48.7. The second-order valence-corrected chi connectivity index (χ2v) is 23.3. The molecule has 2 nitrogen and oxygen atoms in total. The number of hydrogen-bond acceptors (Lipinski definition) is 0. The van der Waals surface area contributed by atoms with E-state index in [0.29, 0.717) is 65.4 Å². The Morgan fingerprint density at radius 3 is 0.926 bits per heavy atom.